The minimum absolute atomic E-state index is 0.202. The molecule has 7 heteroatoms. The van der Waals surface area contributed by atoms with Gasteiger partial charge in [-0.3, -0.25) is 9.78 Å². The van der Waals surface area contributed by atoms with Crippen LogP contribution in [0.4, 0.5) is 0 Å². The Morgan fingerprint density at radius 2 is 1.94 bits per heavy atom. The Balaban J connectivity index is 1.31. The van der Waals surface area contributed by atoms with Crippen molar-refractivity contribution in [3.63, 3.8) is 0 Å². The lowest BCUT2D eigenvalue weighted by Gasteiger charge is -2.38. The molecule has 3 heterocycles. The van der Waals surface area contributed by atoms with Gasteiger partial charge in [-0.15, -0.1) is 0 Å². The number of carbonyl (C=O) groups is 1. The second-order valence-corrected chi connectivity index (χ2v) is 9.22. The van der Waals surface area contributed by atoms with Gasteiger partial charge in [-0.05, 0) is 92.9 Å². The number of ether oxygens (including phenoxy) is 1. The fourth-order valence-electron chi connectivity index (χ4n) is 5.20. The number of methoxy groups -OCH3 is 1. The fourth-order valence-corrected chi connectivity index (χ4v) is 5.20. The van der Waals surface area contributed by atoms with Gasteiger partial charge in [-0.1, -0.05) is 0 Å². The van der Waals surface area contributed by atoms with Crippen LogP contribution in [0.25, 0.3) is 10.9 Å². The molecular formula is C27H34N4O3. The van der Waals surface area contributed by atoms with E-state index in [0.29, 0.717) is 5.92 Å². The van der Waals surface area contributed by atoms with Gasteiger partial charge in [0.2, 0.25) is 0 Å². The van der Waals surface area contributed by atoms with E-state index in [2.05, 4.69) is 32.0 Å². The second kappa shape index (κ2) is 11.9. The van der Waals surface area contributed by atoms with Crippen LogP contribution in [-0.4, -0.2) is 57.7 Å². The van der Waals surface area contributed by atoms with Crippen molar-refractivity contribution in [1.82, 2.24) is 19.9 Å². The number of rotatable bonds is 11. The van der Waals surface area contributed by atoms with Crippen molar-refractivity contribution in [2.45, 2.75) is 44.9 Å². The molecule has 1 N–H and O–H groups in total. The molecule has 180 valence electrons. The SMILES string of the molecule is COc1ccc2nccc(CCC[C@@H]3CCN(CCCc4ncccn4)C[C@@H]3CC(=O)O)c2c1. The largest absolute Gasteiger partial charge is 0.497 e. The van der Waals surface area contributed by atoms with E-state index in [-0.39, 0.29) is 12.3 Å². The number of aryl methyl sites for hydroxylation is 2. The highest BCUT2D eigenvalue weighted by molar-refractivity contribution is 5.83. The lowest BCUT2D eigenvalue weighted by molar-refractivity contribution is -0.139. The van der Waals surface area contributed by atoms with Crippen molar-refractivity contribution in [2.75, 3.05) is 26.7 Å². The first-order valence-electron chi connectivity index (χ1n) is 12.2. The molecule has 3 aromatic rings. The van der Waals surface area contributed by atoms with Crippen molar-refractivity contribution < 1.29 is 14.6 Å². The molecule has 2 atom stereocenters. The smallest absolute Gasteiger partial charge is 0.303 e. The minimum atomic E-state index is -0.693. The highest BCUT2D eigenvalue weighted by Gasteiger charge is 2.30. The van der Waals surface area contributed by atoms with Crippen LogP contribution in [0, 0.1) is 11.8 Å². The summed E-state index contributed by atoms with van der Waals surface area (Å²) in [5.41, 5.74) is 2.26. The van der Waals surface area contributed by atoms with Gasteiger partial charge in [-0.2, -0.15) is 0 Å². The Hall–Kier alpha value is -3.06. The second-order valence-electron chi connectivity index (χ2n) is 9.22. The number of hydrogen-bond donors (Lipinski definition) is 1. The third-order valence-corrected chi connectivity index (χ3v) is 6.97. The Morgan fingerprint density at radius 1 is 1.09 bits per heavy atom. The first-order valence-corrected chi connectivity index (χ1v) is 12.2. The Morgan fingerprint density at radius 3 is 2.74 bits per heavy atom. The number of hydrogen-bond acceptors (Lipinski definition) is 6. The first kappa shape index (κ1) is 24.1. The van der Waals surface area contributed by atoms with Crippen LogP contribution in [0.3, 0.4) is 0 Å². The summed E-state index contributed by atoms with van der Waals surface area (Å²) in [4.78, 5) is 27.1. The Labute approximate surface area is 201 Å². The zero-order valence-electron chi connectivity index (χ0n) is 19.9. The predicted molar refractivity (Wildman–Crippen MR) is 132 cm³/mol. The predicted octanol–water partition coefficient (Wildman–Crippen LogP) is 4.40. The van der Waals surface area contributed by atoms with Crippen molar-refractivity contribution in [3.8, 4) is 5.75 Å². The summed E-state index contributed by atoms with van der Waals surface area (Å²) in [5, 5.41) is 10.7. The number of aromatic nitrogens is 3. The van der Waals surface area contributed by atoms with Gasteiger partial charge < -0.3 is 14.7 Å². The van der Waals surface area contributed by atoms with Crippen LogP contribution >= 0.6 is 0 Å². The molecule has 0 unspecified atom stereocenters. The normalized spacial score (nSPS) is 18.7. The number of likely N-dealkylation sites (tertiary alicyclic amines) is 1. The van der Waals surface area contributed by atoms with Crippen LogP contribution in [0.15, 0.2) is 48.9 Å². The molecule has 1 saturated heterocycles. The maximum Gasteiger partial charge on any atom is 0.303 e. The van der Waals surface area contributed by atoms with Gasteiger partial charge in [0, 0.05) is 43.4 Å². The fraction of sp³-hybridized carbons (Fsp3) is 0.481. The van der Waals surface area contributed by atoms with Gasteiger partial charge in [0.25, 0.3) is 0 Å². The third-order valence-electron chi connectivity index (χ3n) is 6.97. The van der Waals surface area contributed by atoms with Crippen molar-refractivity contribution in [3.05, 3.63) is 60.3 Å². The molecule has 2 aromatic heterocycles. The van der Waals surface area contributed by atoms with Crippen molar-refractivity contribution in [2.24, 2.45) is 11.8 Å². The van der Waals surface area contributed by atoms with E-state index in [0.717, 1.165) is 80.6 Å². The van der Waals surface area contributed by atoms with E-state index in [9.17, 15) is 9.90 Å². The summed E-state index contributed by atoms with van der Waals surface area (Å²) in [6, 6.07) is 9.93. The van der Waals surface area contributed by atoms with Crippen molar-refractivity contribution >= 4 is 16.9 Å². The van der Waals surface area contributed by atoms with Gasteiger partial charge >= 0.3 is 5.97 Å². The number of benzene rings is 1. The molecule has 34 heavy (non-hydrogen) atoms. The summed E-state index contributed by atoms with van der Waals surface area (Å²) in [6.07, 6.45) is 11.6. The van der Waals surface area contributed by atoms with Crippen LogP contribution < -0.4 is 4.74 Å². The lowest BCUT2D eigenvalue weighted by Crippen LogP contribution is -2.42. The first-order chi connectivity index (χ1) is 16.6. The standard InChI is InChI=1S/C27H34N4O3/c1-34-23-8-9-25-24(18-23)21(10-14-28-25)6-2-5-20-11-16-31(19-22(20)17-27(32)33)15-3-7-26-29-12-4-13-30-26/h4,8-10,12-14,18,20,22H,2-3,5-7,11,15-17,19H2,1H3,(H,32,33)/t20-,22+/m1/s1. The van der Waals surface area contributed by atoms with E-state index in [1.165, 1.54) is 5.56 Å². The van der Waals surface area contributed by atoms with E-state index >= 15 is 0 Å². The van der Waals surface area contributed by atoms with Gasteiger partial charge in [0.1, 0.15) is 11.6 Å². The number of fused-ring (bicyclic) bond motifs is 1. The quantitative estimate of drug-likeness (QED) is 0.452. The van der Waals surface area contributed by atoms with Crippen LogP contribution in [0.2, 0.25) is 0 Å². The van der Waals surface area contributed by atoms with E-state index in [1.807, 2.05) is 24.4 Å². The number of carboxylic acids is 1. The highest BCUT2D eigenvalue weighted by Crippen LogP contribution is 2.31. The Bertz CT molecular complexity index is 1080. The number of pyridine rings is 1. The summed E-state index contributed by atoms with van der Waals surface area (Å²) in [7, 11) is 1.68. The molecule has 0 bridgehead atoms. The molecule has 7 nitrogen and oxygen atoms in total. The van der Waals surface area contributed by atoms with Gasteiger partial charge in [0.15, 0.2) is 0 Å². The van der Waals surface area contributed by atoms with Crippen LogP contribution in [0.1, 0.15) is 43.5 Å². The summed E-state index contributed by atoms with van der Waals surface area (Å²) >= 11 is 0. The molecular weight excluding hydrogens is 428 g/mol. The molecule has 4 rings (SSSR count). The molecule has 1 aromatic carbocycles. The third kappa shape index (κ3) is 6.50. The Kier molecular flexibility index (Phi) is 8.41. The molecule has 0 aliphatic carbocycles. The summed E-state index contributed by atoms with van der Waals surface area (Å²) < 4.78 is 5.40. The average molecular weight is 463 g/mol. The molecule has 0 radical (unpaired) electrons. The van der Waals surface area contributed by atoms with Crippen LogP contribution in [-0.2, 0) is 17.6 Å². The number of carboxylic acid groups (broad SMARTS) is 1. The zero-order chi connectivity index (χ0) is 23.8. The maximum atomic E-state index is 11.6. The highest BCUT2D eigenvalue weighted by atomic mass is 16.5. The summed E-state index contributed by atoms with van der Waals surface area (Å²) in [6.45, 7) is 2.86. The van der Waals surface area contributed by atoms with Gasteiger partial charge in [0.05, 0.1) is 12.6 Å². The number of piperidine rings is 1. The van der Waals surface area contributed by atoms with E-state index in [1.54, 1.807) is 19.5 Å². The molecule has 1 aliphatic heterocycles. The topological polar surface area (TPSA) is 88.4 Å². The van der Waals surface area contributed by atoms with Crippen molar-refractivity contribution in [1.29, 1.82) is 0 Å². The monoisotopic (exact) mass is 462 g/mol. The molecule has 1 fully saturated rings. The number of aliphatic carboxylic acids is 1. The minimum Gasteiger partial charge on any atom is -0.497 e. The molecule has 0 saturated carbocycles. The van der Waals surface area contributed by atoms with E-state index in [4.69, 9.17) is 4.74 Å². The molecule has 0 amide bonds. The van der Waals surface area contributed by atoms with E-state index < -0.39 is 5.97 Å². The average Bonchev–Trinajstić information content (AvgIpc) is 2.85. The lowest BCUT2D eigenvalue weighted by atomic mass is 9.79. The molecule has 0 spiro atoms. The maximum absolute atomic E-state index is 11.6. The van der Waals surface area contributed by atoms with Gasteiger partial charge in [-0.25, -0.2) is 9.97 Å². The number of nitrogens with zero attached hydrogens (tertiary/aromatic N) is 4. The summed E-state index contributed by atoms with van der Waals surface area (Å²) in [5.74, 6) is 1.68. The van der Waals surface area contributed by atoms with Crippen LogP contribution in [0.5, 0.6) is 5.75 Å². The molecule has 1 aliphatic rings. The zero-order valence-corrected chi connectivity index (χ0v) is 19.9.